The molecule has 20 atom stereocenters. The molecule has 4 aliphatic heterocycles. The number of amides is 2. The normalized spacial score (nSPS) is 39.9. The Morgan fingerprint density at radius 1 is 0.631 bits per heavy atom. The Labute approximate surface area is 365 Å². The molecule has 0 saturated carbocycles. The number of carbonyl (C=O) groups excluding carboxylic acids is 3. The van der Waals surface area contributed by atoms with Crippen LogP contribution in [0.1, 0.15) is 19.4 Å². The number of hydrogen-bond acceptors (Lipinski definition) is 24. The molecule has 4 fully saturated rings. The van der Waals surface area contributed by atoms with Crippen LogP contribution in [-0.4, -0.2) is 232 Å². The highest BCUT2D eigenvalue weighted by atomic mass is 16.8. The quantitative estimate of drug-likeness (QED) is 0.0441. The third-order valence-corrected chi connectivity index (χ3v) is 10.5. The van der Waals surface area contributed by atoms with Crippen molar-refractivity contribution in [1.29, 1.82) is 0 Å². The predicted molar refractivity (Wildman–Crippen MR) is 201 cm³/mol. The van der Waals surface area contributed by atoms with Gasteiger partial charge in [0.1, 0.15) is 85.3 Å². The van der Waals surface area contributed by atoms with Crippen LogP contribution in [0.15, 0.2) is 24.3 Å². The van der Waals surface area contributed by atoms with Gasteiger partial charge < -0.3 is 115 Å². The summed E-state index contributed by atoms with van der Waals surface area (Å²) in [6, 6.07) is -0.184. The molecule has 0 spiro atoms. The highest BCUT2D eigenvalue weighted by Gasteiger charge is 2.57. The standard InChI is InChI=1S/C37H50N2O26/c1-10(42)38-18-27(20(47)15(8-40)59-33(18)56)61-37-26(53)24(51)29(31(65-37)32(54)55)63-35-19(39-11(2)43)28(21(48)16(9-41)60-35)62-36-25(52)22(49)23(50)30(64-36)34(57)58-14-5-3-12(7-13(14)44)4-6-17(45)46/h3-7,15-16,18-31,33,35-37,40-41,44,47-53,56H,8-9H2,1-2H3,(H,38,42)(H,39,43)(H,45,46)(H,54,55)/b6-4+/t15-,16-,18-,19-,20-,21-,22+,23+,24-,25-,26-,27-,28-,29+,30+,31+,33-,35+,36-,37-/m1/s1. The van der Waals surface area contributed by atoms with Crippen LogP contribution in [0.4, 0.5) is 0 Å². The maximum atomic E-state index is 13.3. The number of phenolic OH excluding ortho intramolecular Hbond substituents is 1. The van der Waals surface area contributed by atoms with Gasteiger partial charge in [0.15, 0.2) is 48.9 Å². The number of phenols is 1. The largest absolute Gasteiger partial charge is 0.504 e. The Hall–Kier alpha value is -4.57. The Morgan fingerprint density at radius 2 is 1.15 bits per heavy atom. The molecule has 4 heterocycles. The minimum Gasteiger partial charge on any atom is -0.504 e. The van der Waals surface area contributed by atoms with Gasteiger partial charge in [-0.15, -0.1) is 0 Å². The molecule has 0 aliphatic carbocycles. The molecule has 1 aromatic carbocycles. The van der Waals surface area contributed by atoms with Crippen LogP contribution < -0.4 is 15.4 Å². The van der Waals surface area contributed by atoms with E-state index >= 15 is 0 Å². The van der Waals surface area contributed by atoms with Gasteiger partial charge in [0.2, 0.25) is 11.8 Å². The van der Waals surface area contributed by atoms with Gasteiger partial charge >= 0.3 is 17.9 Å². The fourth-order valence-corrected chi connectivity index (χ4v) is 7.35. The van der Waals surface area contributed by atoms with E-state index in [1.165, 1.54) is 6.07 Å². The lowest BCUT2D eigenvalue weighted by Crippen LogP contribution is -2.70. The molecule has 0 radical (unpaired) electrons. The number of benzene rings is 1. The maximum Gasteiger partial charge on any atom is 0.343 e. The van der Waals surface area contributed by atoms with Gasteiger partial charge in [-0.3, -0.25) is 9.59 Å². The molecule has 364 valence electrons. The molecule has 0 bridgehead atoms. The van der Waals surface area contributed by atoms with E-state index in [4.69, 9.17) is 43.0 Å². The van der Waals surface area contributed by atoms with Crippen molar-refractivity contribution in [2.24, 2.45) is 0 Å². The van der Waals surface area contributed by atoms with Crippen molar-refractivity contribution < 1.29 is 128 Å². The molecule has 4 saturated heterocycles. The first-order chi connectivity index (χ1) is 30.6. The number of aliphatic hydroxyl groups excluding tert-OH is 10. The first-order valence-corrected chi connectivity index (χ1v) is 19.6. The summed E-state index contributed by atoms with van der Waals surface area (Å²) in [6.45, 7) is 0.0159. The number of carboxylic acids is 2. The summed E-state index contributed by atoms with van der Waals surface area (Å²) in [4.78, 5) is 61.2. The number of aromatic hydroxyl groups is 1. The van der Waals surface area contributed by atoms with Gasteiger partial charge in [0.25, 0.3) is 0 Å². The van der Waals surface area contributed by atoms with E-state index in [1.807, 2.05) is 0 Å². The Kier molecular flexibility index (Phi) is 17.3. The summed E-state index contributed by atoms with van der Waals surface area (Å²) in [5, 5.41) is 141. The highest BCUT2D eigenvalue weighted by molar-refractivity contribution is 5.85. The summed E-state index contributed by atoms with van der Waals surface area (Å²) < 4.78 is 43.9. The zero-order valence-corrected chi connectivity index (χ0v) is 34.0. The van der Waals surface area contributed by atoms with Crippen LogP contribution in [0, 0.1) is 0 Å². The van der Waals surface area contributed by atoms with Crippen LogP contribution >= 0.6 is 0 Å². The fraction of sp³-hybridized carbons (Fsp3) is 0.649. The summed E-state index contributed by atoms with van der Waals surface area (Å²) in [5.74, 6) is -7.59. The lowest BCUT2D eigenvalue weighted by atomic mass is 9.94. The summed E-state index contributed by atoms with van der Waals surface area (Å²) in [7, 11) is 0. The predicted octanol–water partition coefficient (Wildman–Crippen LogP) is -7.95. The molecule has 2 amide bonds. The number of aliphatic hydroxyl groups is 10. The highest BCUT2D eigenvalue weighted by Crippen LogP contribution is 2.35. The van der Waals surface area contributed by atoms with Gasteiger partial charge in [0.05, 0.1) is 13.2 Å². The number of aliphatic carboxylic acids is 2. The van der Waals surface area contributed by atoms with Crippen LogP contribution in [0.5, 0.6) is 11.5 Å². The van der Waals surface area contributed by atoms with E-state index < -0.39 is 177 Å². The first-order valence-electron chi connectivity index (χ1n) is 19.6. The molecular weight excluding hydrogens is 888 g/mol. The molecule has 15 N–H and O–H groups in total. The lowest BCUT2D eigenvalue weighted by Gasteiger charge is -2.49. The monoisotopic (exact) mass is 938 g/mol. The van der Waals surface area contributed by atoms with Gasteiger partial charge in [-0.25, -0.2) is 14.4 Å². The fourth-order valence-electron chi connectivity index (χ4n) is 7.35. The number of rotatable bonds is 15. The Balaban J connectivity index is 1.38. The number of esters is 1. The van der Waals surface area contributed by atoms with Crippen molar-refractivity contribution >= 4 is 35.8 Å². The maximum absolute atomic E-state index is 13.3. The van der Waals surface area contributed by atoms with Crippen molar-refractivity contribution in [3.05, 3.63) is 29.8 Å². The zero-order valence-electron chi connectivity index (χ0n) is 34.0. The van der Waals surface area contributed by atoms with E-state index in [0.29, 0.717) is 0 Å². The van der Waals surface area contributed by atoms with E-state index in [2.05, 4.69) is 10.6 Å². The van der Waals surface area contributed by atoms with Crippen molar-refractivity contribution in [3.8, 4) is 11.5 Å². The SMILES string of the molecule is CC(=O)N[C@@H]1[C@@H](O[C@@H]2O[C@H](C(=O)O)[C@@H](O[C@@H]3O[C@H](CO)[C@@H](O)[C@H](O[C@@H]4O[C@H](C(=O)Oc5ccc(/C=C/C(=O)O)cc5O)[C@@H](O)[C@H](O)[C@H]4O)[C@H]3NC(C)=O)[C@H](O)[C@H]2O)[C@H](O)[C@@H](CO)O[C@H]1O. The summed E-state index contributed by atoms with van der Waals surface area (Å²) in [6.07, 6.45) is -35.8. The van der Waals surface area contributed by atoms with E-state index in [-0.39, 0.29) is 5.56 Å². The number of hydrogen-bond donors (Lipinski definition) is 15. The number of nitrogens with one attached hydrogen (secondary N) is 2. The van der Waals surface area contributed by atoms with Crippen molar-refractivity contribution in [1.82, 2.24) is 10.6 Å². The van der Waals surface area contributed by atoms with Gasteiger partial charge in [-0.05, 0) is 23.8 Å². The van der Waals surface area contributed by atoms with Crippen LogP contribution in [0.2, 0.25) is 0 Å². The second-order valence-electron chi connectivity index (χ2n) is 15.2. The smallest absolute Gasteiger partial charge is 0.343 e. The lowest BCUT2D eigenvalue weighted by molar-refractivity contribution is -0.368. The summed E-state index contributed by atoms with van der Waals surface area (Å²) in [5.41, 5.74) is 0.166. The van der Waals surface area contributed by atoms with Crippen LogP contribution in [0.25, 0.3) is 6.08 Å². The van der Waals surface area contributed by atoms with Gasteiger partial charge in [0, 0.05) is 19.9 Å². The molecule has 28 nitrogen and oxygen atoms in total. The summed E-state index contributed by atoms with van der Waals surface area (Å²) >= 11 is 0. The average molecular weight is 939 g/mol. The third-order valence-electron chi connectivity index (χ3n) is 10.5. The van der Waals surface area contributed by atoms with E-state index in [9.17, 15) is 85.3 Å². The zero-order chi connectivity index (χ0) is 48.2. The molecular formula is C37H50N2O26. The van der Waals surface area contributed by atoms with E-state index in [1.54, 1.807) is 0 Å². The van der Waals surface area contributed by atoms with Crippen molar-refractivity contribution in [3.63, 3.8) is 0 Å². The van der Waals surface area contributed by atoms with Crippen LogP contribution in [-0.2, 0) is 57.1 Å². The minimum atomic E-state index is -2.35. The van der Waals surface area contributed by atoms with Crippen molar-refractivity contribution in [2.45, 2.75) is 137 Å². The second kappa shape index (κ2) is 21.8. The molecule has 65 heavy (non-hydrogen) atoms. The third kappa shape index (κ3) is 11.7. The minimum absolute atomic E-state index is 0.166. The Morgan fingerprint density at radius 3 is 1.69 bits per heavy atom. The molecule has 0 unspecified atom stereocenters. The number of carboxylic acid groups (broad SMARTS) is 2. The number of carbonyl (C=O) groups is 5. The van der Waals surface area contributed by atoms with E-state index in [0.717, 1.165) is 38.1 Å². The van der Waals surface area contributed by atoms with Crippen LogP contribution in [0.3, 0.4) is 0 Å². The molecule has 0 aromatic heterocycles. The topological polar surface area (TPSA) is 446 Å². The van der Waals surface area contributed by atoms with Crippen molar-refractivity contribution in [2.75, 3.05) is 13.2 Å². The second-order valence-corrected chi connectivity index (χ2v) is 15.2. The number of ether oxygens (including phenoxy) is 8. The molecule has 1 aromatic rings. The first kappa shape index (κ1) is 51.4. The molecule has 4 aliphatic rings. The van der Waals surface area contributed by atoms with Gasteiger partial charge in [-0.2, -0.15) is 0 Å². The molecule has 5 rings (SSSR count). The molecule has 28 heteroatoms. The average Bonchev–Trinajstić information content (AvgIpc) is 3.24. The van der Waals surface area contributed by atoms with Gasteiger partial charge in [-0.1, -0.05) is 6.07 Å². The Bertz CT molecular complexity index is 1890.